The predicted molar refractivity (Wildman–Crippen MR) is 166 cm³/mol. The van der Waals surface area contributed by atoms with Crippen LogP contribution in [0.4, 0.5) is 0 Å². The smallest absolute Gasteiger partial charge is 0.289 e. The molecule has 39 heavy (non-hydrogen) atoms. The second kappa shape index (κ2) is 7.80. The molecule has 4 aliphatic heterocycles. The van der Waals surface area contributed by atoms with Gasteiger partial charge in [0.25, 0.3) is 12.0 Å². The van der Waals surface area contributed by atoms with E-state index in [2.05, 4.69) is 99.6 Å². The van der Waals surface area contributed by atoms with Gasteiger partial charge in [0.1, 0.15) is 23.0 Å². The highest BCUT2D eigenvalue weighted by Crippen LogP contribution is 2.48. The summed E-state index contributed by atoms with van der Waals surface area (Å²) in [6.45, 7) is 6.49. The Bertz CT molecular complexity index is 1800. The van der Waals surface area contributed by atoms with E-state index >= 15 is 0 Å². The molecule has 0 atom stereocenters. The molecule has 5 aromatic carbocycles. The molecule has 0 fully saturated rings. The zero-order valence-corrected chi connectivity index (χ0v) is 23.4. The van der Waals surface area contributed by atoms with Crippen LogP contribution in [0.3, 0.4) is 0 Å². The third-order valence-electron chi connectivity index (χ3n) is 8.45. The highest BCUT2D eigenvalue weighted by atomic mass is 32.2. The first-order valence-corrected chi connectivity index (χ1v) is 15.2. The van der Waals surface area contributed by atoms with Crippen molar-refractivity contribution < 1.29 is 9.47 Å². The Morgan fingerprint density at radius 3 is 1.49 bits per heavy atom. The highest BCUT2D eigenvalue weighted by Gasteiger charge is 2.44. The molecule has 0 radical (unpaired) electrons. The second-order valence-corrected chi connectivity index (χ2v) is 13.3. The zero-order valence-electron chi connectivity index (χ0n) is 21.8. The third-order valence-corrected chi connectivity index (χ3v) is 11.1. The molecule has 0 spiro atoms. The Labute approximate surface area is 237 Å². The number of aryl methyl sites for hydroxylation is 2. The molecular formula is C33H22B2O2S2. The van der Waals surface area contributed by atoms with E-state index < -0.39 is 0 Å². The molecule has 0 N–H and O–H groups in total. The zero-order chi connectivity index (χ0) is 26.0. The van der Waals surface area contributed by atoms with Crippen molar-refractivity contribution in [3.63, 3.8) is 0 Å². The summed E-state index contributed by atoms with van der Waals surface area (Å²) < 4.78 is 13.6. The summed E-state index contributed by atoms with van der Waals surface area (Å²) in [6, 6.07) is 29.0. The Morgan fingerprint density at radius 2 is 1.00 bits per heavy atom. The van der Waals surface area contributed by atoms with Crippen LogP contribution in [0, 0.1) is 20.8 Å². The van der Waals surface area contributed by atoms with Gasteiger partial charge in [-0.05, 0) is 100 Å². The standard InChI is InChI=1S/C33H22B2O2S2/c1-17-12-22-20-8-4-6-10-28(20)38-34-24-16-25-33(19(3)32(24)36-26(14-17)30(22)34)37-27-15-18(2)13-23-21-9-5-7-11-29(21)39-35(25)31(23)27/h4-16H,1-3H3. The molecule has 184 valence electrons. The molecule has 0 saturated heterocycles. The lowest BCUT2D eigenvalue weighted by atomic mass is 9.52. The molecule has 0 amide bonds. The minimum atomic E-state index is 0.179. The van der Waals surface area contributed by atoms with Gasteiger partial charge in [-0.3, -0.25) is 0 Å². The quantitative estimate of drug-likeness (QED) is 0.208. The monoisotopic (exact) mass is 536 g/mol. The van der Waals surface area contributed by atoms with E-state index in [9.17, 15) is 0 Å². The van der Waals surface area contributed by atoms with Crippen LogP contribution in [0.25, 0.3) is 22.3 Å². The largest absolute Gasteiger partial charge is 0.458 e. The molecular weight excluding hydrogens is 514 g/mol. The molecule has 9 rings (SSSR count). The Kier molecular flexibility index (Phi) is 4.47. The number of fused-ring (bicyclic) bond motifs is 8. The van der Waals surface area contributed by atoms with Crippen LogP contribution in [-0.4, -0.2) is 12.0 Å². The lowest BCUT2D eigenvalue weighted by Crippen LogP contribution is -2.52. The Morgan fingerprint density at radius 1 is 0.538 bits per heavy atom. The molecule has 2 nitrogen and oxygen atoms in total. The van der Waals surface area contributed by atoms with Crippen molar-refractivity contribution in [2.45, 2.75) is 30.6 Å². The van der Waals surface area contributed by atoms with E-state index in [-0.39, 0.29) is 12.0 Å². The number of rotatable bonds is 0. The average molecular weight is 536 g/mol. The van der Waals surface area contributed by atoms with Crippen LogP contribution >= 0.6 is 23.2 Å². The van der Waals surface area contributed by atoms with E-state index in [1.807, 2.05) is 23.2 Å². The van der Waals surface area contributed by atoms with Crippen molar-refractivity contribution in [3.05, 3.63) is 95.6 Å². The van der Waals surface area contributed by atoms with Gasteiger partial charge >= 0.3 is 0 Å². The summed E-state index contributed by atoms with van der Waals surface area (Å²) in [5.41, 5.74) is 13.8. The Balaban J connectivity index is 1.29. The number of ether oxygens (including phenoxy) is 2. The second-order valence-electron chi connectivity index (χ2n) is 11.0. The van der Waals surface area contributed by atoms with Crippen LogP contribution < -0.4 is 31.3 Å². The van der Waals surface area contributed by atoms with E-state index in [1.165, 1.54) is 65.0 Å². The van der Waals surface area contributed by atoms with Gasteiger partial charge in [-0.15, -0.1) is 0 Å². The molecule has 6 heteroatoms. The fourth-order valence-corrected chi connectivity index (χ4v) is 9.55. The molecule has 0 saturated carbocycles. The first-order valence-electron chi connectivity index (χ1n) is 13.4. The van der Waals surface area contributed by atoms with E-state index in [0.29, 0.717) is 0 Å². The van der Waals surface area contributed by atoms with Crippen LogP contribution in [0.5, 0.6) is 23.0 Å². The minimum Gasteiger partial charge on any atom is -0.458 e. The fraction of sp³-hybridized carbons (Fsp3) is 0.0909. The number of hydrogen-bond donors (Lipinski definition) is 0. The van der Waals surface area contributed by atoms with Crippen molar-refractivity contribution in [2.24, 2.45) is 0 Å². The van der Waals surface area contributed by atoms with Crippen LogP contribution in [-0.2, 0) is 0 Å². The fourth-order valence-electron chi connectivity index (χ4n) is 6.79. The molecule has 4 heterocycles. The maximum Gasteiger partial charge on any atom is 0.289 e. The van der Waals surface area contributed by atoms with Crippen molar-refractivity contribution in [1.82, 2.24) is 0 Å². The van der Waals surface area contributed by atoms with Gasteiger partial charge in [0.05, 0.1) is 0 Å². The van der Waals surface area contributed by atoms with Gasteiger partial charge in [0.2, 0.25) is 0 Å². The molecule has 0 bridgehead atoms. The molecule has 5 aromatic rings. The van der Waals surface area contributed by atoms with Crippen LogP contribution in [0.2, 0.25) is 0 Å². The van der Waals surface area contributed by atoms with Gasteiger partial charge in [-0.1, -0.05) is 54.6 Å². The topological polar surface area (TPSA) is 18.5 Å². The van der Waals surface area contributed by atoms with Gasteiger partial charge in [-0.25, -0.2) is 0 Å². The third kappa shape index (κ3) is 2.99. The van der Waals surface area contributed by atoms with Gasteiger partial charge < -0.3 is 9.47 Å². The van der Waals surface area contributed by atoms with Crippen molar-refractivity contribution in [3.8, 4) is 45.3 Å². The van der Waals surface area contributed by atoms with Crippen molar-refractivity contribution in [1.29, 1.82) is 0 Å². The first kappa shape index (κ1) is 22.4. The molecule has 0 unspecified atom stereocenters. The summed E-state index contributed by atoms with van der Waals surface area (Å²) in [6.07, 6.45) is 0. The molecule has 4 aliphatic rings. The van der Waals surface area contributed by atoms with Crippen molar-refractivity contribution in [2.75, 3.05) is 0 Å². The summed E-state index contributed by atoms with van der Waals surface area (Å²) in [5, 5.41) is 0. The summed E-state index contributed by atoms with van der Waals surface area (Å²) in [5.74, 6) is 4.21. The normalized spacial score (nSPS) is 14.6. The minimum absolute atomic E-state index is 0.179. The maximum atomic E-state index is 6.79. The van der Waals surface area contributed by atoms with E-state index in [0.717, 1.165) is 28.6 Å². The van der Waals surface area contributed by atoms with E-state index in [1.54, 1.807) is 0 Å². The number of hydrogen-bond acceptors (Lipinski definition) is 4. The van der Waals surface area contributed by atoms with Gasteiger partial charge in [-0.2, -0.15) is 23.2 Å². The Hall–Kier alpha value is -3.47. The summed E-state index contributed by atoms with van der Waals surface area (Å²) in [7, 11) is 0. The SMILES string of the molecule is Cc1cc2c3c(c1)-c1ccccc1SB3c1cc3c(c(C)c1O2)Oc1cc(C)cc2c1B3Sc1ccccc1-2. The lowest BCUT2D eigenvalue weighted by Gasteiger charge is -2.37. The highest BCUT2D eigenvalue weighted by molar-refractivity contribution is 8.28. The average Bonchev–Trinajstić information content (AvgIpc) is 2.94. The number of benzene rings is 5. The maximum absolute atomic E-state index is 6.79. The predicted octanol–water partition coefficient (Wildman–Crippen LogP) is 6.58. The van der Waals surface area contributed by atoms with Crippen LogP contribution in [0.1, 0.15) is 16.7 Å². The van der Waals surface area contributed by atoms with Crippen molar-refractivity contribution >= 4 is 57.1 Å². The molecule has 0 aliphatic carbocycles. The first-order chi connectivity index (χ1) is 19.0. The van der Waals surface area contributed by atoms with Gasteiger partial charge in [0, 0.05) is 15.4 Å². The molecule has 0 aromatic heterocycles. The van der Waals surface area contributed by atoms with Crippen LogP contribution in [0.15, 0.2) is 88.7 Å². The van der Waals surface area contributed by atoms with Gasteiger partial charge in [0.15, 0.2) is 0 Å². The lowest BCUT2D eigenvalue weighted by molar-refractivity contribution is 0.459. The van der Waals surface area contributed by atoms with E-state index in [4.69, 9.17) is 9.47 Å². The summed E-state index contributed by atoms with van der Waals surface area (Å²) in [4.78, 5) is 2.66. The summed E-state index contributed by atoms with van der Waals surface area (Å²) >= 11 is 3.89.